The van der Waals surface area contributed by atoms with Crippen LogP contribution in [0.1, 0.15) is 23.1 Å². The van der Waals surface area contributed by atoms with Crippen molar-refractivity contribution in [2.75, 3.05) is 7.11 Å². The Morgan fingerprint density at radius 1 is 1.20 bits per heavy atom. The fraction of sp³-hybridized carbons (Fsp3) is 0.250. The van der Waals surface area contributed by atoms with Crippen molar-refractivity contribution in [2.24, 2.45) is 0 Å². The molecule has 1 aromatic rings. The van der Waals surface area contributed by atoms with Crippen LogP contribution < -0.4 is 0 Å². The van der Waals surface area contributed by atoms with E-state index in [1.807, 2.05) is 0 Å². The normalized spacial score (nSPS) is 17.6. The molecule has 0 aliphatic heterocycles. The maximum absolute atomic E-state index is 12.4. The van der Waals surface area contributed by atoms with Crippen LogP contribution in [0.2, 0.25) is 0 Å². The number of ether oxygens (including phenoxy) is 1. The van der Waals surface area contributed by atoms with Gasteiger partial charge < -0.3 is 9.84 Å². The number of phenols is 1. The molecule has 1 aromatic carbocycles. The fourth-order valence-corrected chi connectivity index (χ4v) is 2.78. The van der Waals surface area contributed by atoms with Crippen LogP contribution in [0, 0.1) is 6.92 Å². The molecule has 4 nitrogen and oxygen atoms in total. The molecule has 2 aliphatic carbocycles. The Morgan fingerprint density at radius 3 is 2.65 bits per heavy atom. The molecule has 0 saturated carbocycles. The van der Waals surface area contributed by atoms with E-state index < -0.39 is 0 Å². The van der Waals surface area contributed by atoms with Crippen molar-refractivity contribution in [3.8, 4) is 5.75 Å². The van der Waals surface area contributed by atoms with Crippen molar-refractivity contribution in [2.45, 2.75) is 19.8 Å². The highest BCUT2D eigenvalue weighted by Crippen LogP contribution is 2.39. The summed E-state index contributed by atoms with van der Waals surface area (Å²) in [6, 6.07) is 3.44. The summed E-state index contributed by atoms with van der Waals surface area (Å²) in [5.74, 6) is -0.127. The first kappa shape index (κ1) is 12.7. The van der Waals surface area contributed by atoms with Crippen molar-refractivity contribution in [1.29, 1.82) is 0 Å². The quantitative estimate of drug-likeness (QED) is 0.794. The summed E-state index contributed by atoms with van der Waals surface area (Å²) in [6.45, 7) is 1.77. The van der Waals surface area contributed by atoms with E-state index in [1.54, 1.807) is 19.1 Å². The van der Waals surface area contributed by atoms with Gasteiger partial charge in [0.25, 0.3) is 0 Å². The molecule has 0 unspecified atom stereocenters. The molecule has 0 saturated heterocycles. The van der Waals surface area contributed by atoms with Gasteiger partial charge in [0.1, 0.15) is 5.75 Å². The minimum atomic E-state index is -0.256. The first-order chi connectivity index (χ1) is 9.52. The monoisotopic (exact) mass is 270 g/mol. The van der Waals surface area contributed by atoms with Gasteiger partial charge in [0, 0.05) is 17.2 Å². The summed E-state index contributed by atoms with van der Waals surface area (Å²) in [6.07, 6.45) is 2.43. The Labute approximate surface area is 116 Å². The van der Waals surface area contributed by atoms with Gasteiger partial charge in [0.2, 0.25) is 5.78 Å². The number of aryl methyl sites for hydroxylation is 2. The van der Waals surface area contributed by atoms with E-state index in [0.717, 1.165) is 11.1 Å². The molecule has 0 spiro atoms. The van der Waals surface area contributed by atoms with E-state index in [9.17, 15) is 14.7 Å². The van der Waals surface area contributed by atoms with Crippen LogP contribution in [-0.2, 0) is 20.7 Å². The second-order valence-electron chi connectivity index (χ2n) is 5.06. The Balaban J connectivity index is 2.23. The molecule has 0 heterocycles. The fourth-order valence-electron chi connectivity index (χ4n) is 2.78. The summed E-state index contributed by atoms with van der Waals surface area (Å²) in [4.78, 5) is 24.5. The average molecular weight is 270 g/mol. The van der Waals surface area contributed by atoms with Crippen molar-refractivity contribution < 1.29 is 19.4 Å². The van der Waals surface area contributed by atoms with Crippen molar-refractivity contribution >= 4 is 17.1 Å². The second-order valence-corrected chi connectivity index (χ2v) is 5.06. The molecular formula is C16H14O4. The molecule has 20 heavy (non-hydrogen) atoms. The van der Waals surface area contributed by atoms with Crippen LogP contribution in [0.5, 0.6) is 5.75 Å². The first-order valence-electron chi connectivity index (χ1n) is 6.43. The topological polar surface area (TPSA) is 63.6 Å². The Kier molecular flexibility index (Phi) is 2.74. The molecule has 2 aliphatic rings. The summed E-state index contributed by atoms with van der Waals surface area (Å²) in [5.41, 5.74) is 3.30. The third kappa shape index (κ3) is 1.68. The van der Waals surface area contributed by atoms with Gasteiger partial charge in [-0.15, -0.1) is 0 Å². The van der Waals surface area contributed by atoms with Crippen LogP contribution in [-0.4, -0.2) is 23.8 Å². The molecule has 4 heteroatoms. The van der Waals surface area contributed by atoms with Crippen molar-refractivity contribution in [3.63, 3.8) is 0 Å². The van der Waals surface area contributed by atoms with E-state index in [0.29, 0.717) is 29.6 Å². The van der Waals surface area contributed by atoms with Gasteiger partial charge in [-0.05, 0) is 48.6 Å². The Hall–Kier alpha value is -2.36. The van der Waals surface area contributed by atoms with E-state index in [4.69, 9.17) is 4.74 Å². The first-order valence-corrected chi connectivity index (χ1v) is 6.43. The number of hydrogen-bond donors (Lipinski definition) is 1. The third-order valence-electron chi connectivity index (χ3n) is 3.87. The van der Waals surface area contributed by atoms with Gasteiger partial charge in [0.05, 0.1) is 7.11 Å². The highest BCUT2D eigenvalue weighted by atomic mass is 16.5. The number of rotatable bonds is 1. The van der Waals surface area contributed by atoms with Gasteiger partial charge in [-0.3, -0.25) is 9.59 Å². The van der Waals surface area contributed by atoms with Gasteiger partial charge in [-0.2, -0.15) is 0 Å². The zero-order valence-electron chi connectivity index (χ0n) is 11.3. The average Bonchev–Trinajstić information content (AvgIpc) is 2.43. The number of phenolic OH excluding ortho intramolecular Hbond substituents is 1. The van der Waals surface area contributed by atoms with Gasteiger partial charge in [-0.1, -0.05) is 0 Å². The second kappa shape index (κ2) is 4.34. The van der Waals surface area contributed by atoms with Gasteiger partial charge in [-0.25, -0.2) is 0 Å². The molecule has 0 atom stereocenters. The molecule has 1 N–H and O–H groups in total. The number of allylic oxidation sites excluding steroid dienone is 3. The van der Waals surface area contributed by atoms with Crippen molar-refractivity contribution in [3.05, 3.63) is 46.2 Å². The third-order valence-corrected chi connectivity index (χ3v) is 3.87. The number of carbonyl (C=O) groups is 2. The predicted molar refractivity (Wildman–Crippen MR) is 73.2 cm³/mol. The number of aromatic hydroxyl groups is 1. The van der Waals surface area contributed by atoms with E-state index >= 15 is 0 Å². The molecule has 0 radical (unpaired) electrons. The van der Waals surface area contributed by atoms with Crippen LogP contribution in [0.3, 0.4) is 0 Å². The van der Waals surface area contributed by atoms with Crippen LogP contribution >= 0.6 is 0 Å². The number of hydrogen-bond acceptors (Lipinski definition) is 4. The van der Waals surface area contributed by atoms with E-state index in [2.05, 4.69) is 0 Å². The Morgan fingerprint density at radius 2 is 1.95 bits per heavy atom. The maximum Gasteiger partial charge on any atom is 0.228 e. The number of ketones is 2. The number of benzene rings is 1. The lowest BCUT2D eigenvalue weighted by atomic mass is 9.78. The van der Waals surface area contributed by atoms with Crippen LogP contribution in [0.15, 0.2) is 29.5 Å². The SMILES string of the molecule is COC1=CC(=O)C2=C(C1=O)c1cc(C)c(O)cc1CC2. The molecule has 0 amide bonds. The van der Waals surface area contributed by atoms with Crippen LogP contribution in [0.25, 0.3) is 5.57 Å². The highest BCUT2D eigenvalue weighted by molar-refractivity contribution is 6.38. The lowest BCUT2D eigenvalue weighted by molar-refractivity contribution is -0.116. The molecule has 3 rings (SSSR count). The van der Waals surface area contributed by atoms with Gasteiger partial charge in [0.15, 0.2) is 11.5 Å². The number of fused-ring (bicyclic) bond motifs is 2. The largest absolute Gasteiger partial charge is 0.508 e. The minimum absolute atomic E-state index is 0.0762. The summed E-state index contributed by atoms with van der Waals surface area (Å²) < 4.78 is 5.00. The van der Waals surface area contributed by atoms with Crippen molar-refractivity contribution in [1.82, 2.24) is 0 Å². The summed E-state index contributed by atoms with van der Waals surface area (Å²) in [7, 11) is 1.38. The lowest BCUT2D eigenvalue weighted by Gasteiger charge is -2.25. The Bertz CT molecular complexity index is 707. The van der Waals surface area contributed by atoms with E-state index in [-0.39, 0.29) is 23.1 Å². The van der Waals surface area contributed by atoms with Gasteiger partial charge >= 0.3 is 0 Å². The predicted octanol–water partition coefficient (Wildman–Crippen LogP) is 2.08. The minimum Gasteiger partial charge on any atom is -0.508 e. The zero-order valence-corrected chi connectivity index (χ0v) is 11.3. The molecule has 0 aromatic heterocycles. The number of Topliss-reactive ketones (excluding diaryl/α,β-unsaturated/α-hetero) is 1. The van der Waals surface area contributed by atoms with E-state index in [1.165, 1.54) is 13.2 Å². The molecule has 0 bridgehead atoms. The lowest BCUT2D eigenvalue weighted by Crippen LogP contribution is -2.23. The molecule has 0 fully saturated rings. The number of carbonyl (C=O) groups excluding carboxylic acids is 2. The molecule has 102 valence electrons. The standard InChI is InChI=1S/C16H14O4/c1-8-5-11-9(6-12(8)17)3-4-10-13(18)7-14(20-2)16(19)15(10)11/h5-7,17H,3-4H2,1-2H3. The highest BCUT2D eigenvalue weighted by Gasteiger charge is 2.34. The molecular weight excluding hydrogens is 256 g/mol. The summed E-state index contributed by atoms with van der Waals surface area (Å²) in [5, 5.41) is 9.78. The van der Waals surface area contributed by atoms with Crippen LogP contribution in [0.4, 0.5) is 0 Å². The smallest absolute Gasteiger partial charge is 0.228 e. The zero-order chi connectivity index (χ0) is 14.4. The summed E-state index contributed by atoms with van der Waals surface area (Å²) >= 11 is 0. The maximum atomic E-state index is 12.4. The number of methoxy groups -OCH3 is 1.